The number of hydrogen-bond acceptors (Lipinski definition) is 1. The van der Waals surface area contributed by atoms with Crippen molar-refractivity contribution < 1.29 is 0 Å². The van der Waals surface area contributed by atoms with Crippen molar-refractivity contribution in [2.24, 2.45) is 5.11 Å². The summed E-state index contributed by atoms with van der Waals surface area (Å²) in [6.07, 6.45) is 5.99. The fourth-order valence-corrected chi connectivity index (χ4v) is 1.68. The van der Waals surface area contributed by atoms with E-state index in [2.05, 4.69) is 44.2 Å². The molecular weight excluding hydrogens is 266 g/mol. The average Bonchev–Trinajstić information content (AvgIpc) is 2.34. The molecule has 1 aromatic carbocycles. The predicted octanol–water partition coefficient (Wildman–Crippen LogP) is 4.25. The first-order valence-corrected chi connectivity index (χ1v) is 6.29. The number of hydrogen-bond donors (Lipinski definition) is 0. The van der Waals surface area contributed by atoms with Gasteiger partial charge in [0.25, 0.3) is 0 Å². The molecule has 0 saturated heterocycles. The minimum Gasteiger partial charge on any atom is -0.0920 e. The van der Waals surface area contributed by atoms with Crippen molar-refractivity contribution in [1.82, 2.24) is 0 Å². The summed E-state index contributed by atoms with van der Waals surface area (Å²) in [6, 6.07) is 10.2. The van der Waals surface area contributed by atoms with Crippen LogP contribution in [0.1, 0.15) is 12.0 Å². The van der Waals surface area contributed by atoms with Crippen molar-refractivity contribution in [2.45, 2.75) is 18.9 Å². The molecule has 0 bridgehead atoms. The third kappa shape index (κ3) is 5.01. The van der Waals surface area contributed by atoms with E-state index in [1.807, 2.05) is 24.3 Å². The number of alkyl halides is 1. The van der Waals surface area contributed by atoms with Crippen LogP contribution in [0.4, 0.5) is 0 Å². The Hall–Kier alpha value is -1.25. The quantitative estimate of drug-likeness (QED) is 0.246. The van der Waals surface area contributed by atoms with E-state index in [1.165, 1.54) is 5.56 Å². The van der Waals surface area contributed by atoms with Crippen molar-refractivity contribution in [3.05, 3.63) is 58.5 Å². The lowest BCUT2D eigenvalue weighted by atomic mass is 10.1. The Morgan fingerprint density at radius 3 is 2.75 bits per heavy atom. The molecule has 1 atom stereocenters. The second-order valence-corrected chi connectivity index (χ2v) is 4.03. The maximum atomic E-state index is 8.31. The lowest BCUT2D eigenvalue weighted by Crippen LogP contribution is -1.99. The molecular formula is C12H14BrN3. The molecule has 1 unspecified atom stereocenters. The van der Waals surface area contributed by atoms with Gasteiger partial charge in [0.2, 0.25) is 0 Å². The highest BCUT2D eigenvalue weighted by molar-refractivity contribution is 9.09. The highest BCUT2D eigenvalue weighted by Gasteiger charge is 1.96. The third-order valence-corrected chi connectivity index (χ3v) is 2.82. The highest BCUT2D eigenvalue weighted by atomic mass is 79.9. The summed E-state index contributed by atoms with van der Waals surface area (Å²) in [5.41, 5.74) is 9.63. The molecule has 0 aromatic heterocycles. The van der Waals surface area contributed by atoms with Gasteiger partial charge in [0.15, 0.2) is 0 Å². The molecule has 1 rings (SSSR count). The van der Waals surface area contributed by atoms with Gasteiger partial charge < -0.3 is 0 Å². The smallest absolute Gasteiger partial charge is 0.0652 e. The summed E-state index contributed by atoms with van der Waals surface area (Å²) in [6.45, 7) is 0. The van der Waals surface area contributed by atoms with E-state index in [0.717, 1.165) is 12.8 Å². The molecule has 0 fully saturated rings. The Bertz CT molecular complexity index is 369. The molecule has 0 spiro atoms. The molecule has 0 radical (unpaired) electrons. The molecule has 0 N–H and O–H groups in total. The van der Waals surface area contributed by atoms with Crippen molar-refractivity contribution in [2.75, 3.05) is 5.33 Å². The molecule has 0 aliphatic carbocycles. The molecule has 3 nitrogen and oxygen atoms in total. The molecule has 16 heavy (non-hydrogen) atoms. The van der Waals surface area contributed by atoms with Crippen LogP contribution < -0.4 is 0 Å². The summed E-state index contributed by atoms with van der Waals surface area (Å²) in [4.78, 5) is 2.79. The van der Waals surface area contributed by atoms with E-state index in [1.54, 1.807) is 0 Å². The Kier molecular flexibility index (Phi) is 6.38. The van der Waals surface area contributed by atoms with Crippen LogP contribution in [0.2, 0.25) is 0 Å². The van der Waals surface area contributed by atoms with Crippen molar-refractivity contribution in [1.29, 1.82) is 0 Å². The average molecular weight is 280 g/mol. The van der Waals surface area contributed by atoms with Crippen molar-refractivity contribution >= 4 is 15.9 Å². The zero-order valence-electron chi connectivity index (χ0n) is 8.96. The van der Waals surface area contributed by atoms with E-state index in [9.17, 15) is 0 Å². The van der Waals surface area contributed by atoms with Gasteiger partial charge in [0.05, 0.1) is 6.04 Å². The zero-order chi connectivity index (χ0) is 11.6. The first-order chi connectivity index (χ1) is 7.86. The van der Waals surface area contributed by atoms with E-state index in [0.29, 0.717) is 5.33 Å². The summed E-state index contributed by atoms with van der Waals surface area (Å²) < 4.78 is 0. The van der Waals surface area contributed by atoms with Crippen LogP contribution in [0, 0.1) is 0 Å². The van der Waals surface area contributed by atoms with Crippen LogP contribution in [0.25, 0.3) is 10.4 Å². The van der Waals surface area contributed by atoms with Crippen LogP contribution in [0.3, 0.4) is 0 Å². The van der Waals surface area contributed by atoms with Gasteiger partial charge in [-0.2, -0.15) is 0 Å². The SMILES string of the molecule is [N-]=[N+]=NC(C=CCCc1ccccc1)CBr. The zero-order valence-corrected chi connectivity index (χ0v) is 10.5. The maximum absolute atomic E-state index is 8.31. The molecule has 4 heteroatoms. The van der Waals surface area contributed by atoms with Crippen LogP contribution in [-0.4, -0.2) is 11.4 Å². The molecule has 84 valence electrons. The second-order valence-electron chi connectivity index (χ2n) is 3.38. The Labute approximate surface area is 104 Å². The Balaban J connectivity index is 2.34. The topological polar surface area (TPSA) is 48.8 Å². The van der Waals surface area contributed by atoms with Crippen LogP contribution in [0.15, 0.2) is 47.6 Å². The minimum atomic E-state index is -0.0826. The summed E-state index contributed by atoms with van der Waals surface area (Å²) in [7, 11) is 0. The molecule has 0 amide bonds. The van der Waals surface area contributed by atoms with E-state index in [4.69, 9.17) is 5.53 Å². The van der Waals surface area contributed by atoms with E-state index >= 15 is 0 Å². The fourth-order valence-electron chi connectivity index (χ4n) is 1.34. The molecule has 0 aliphatic rings. The van der Waals surface area contributed by atoms with Gasteiger partial charge >= 0.3 is 0 Å². The number of halogens is 1. The first-order valence-electron chi connectivity index (χ1n) is 5.17. The number of nitrogens with zero attached hydrogens (tertiary/aromatic N) is 3. The predicted molar refractivity (Wildman–Crippen MR) is 70.6 cm³/mol. The number of allylic oxidation sites excluding steroid dienone is 1. The molecule has 1 aromatic rings. The summed E-state index contributed by atoms with van der Waals surface area (Å²) >= 11 is 3.30. The lowest BCUT2D eigenvalue weighted by molar-refractivity contribution is 0.911. The Morgan fingerprint density at radius 1 is 1.38 bits per heavy atom. The van der Waals surface area contributed by atoms with Crippen molar-refractivity contribution in [3.8, 4) is 0 Å². The number of azide groups is 1. The lowest BCUT2D eigenvalue weighted by Gasteiger charge is -1.99. The van der Waals surface area contributed by atoms with Crippen LogP contribution >= 0.6 is 15.9 Å². The highest BCUT2D eigenvalue weighted by Crippen LogP contribution is 2.05. The molecule has 0 aliphatic heterocycles. The number of benzene rings is 1. The first kappa shape index (κ1) is 12.8. The fraction of sp³-hybridized carbons (Fsp3) is 0.333. The van der Waals surface area contributed by atoms with Gasteiger partial charge in [-0.25, -0.2) is 0 Å². The third-order valence-electron chi connectivity index (χ3n) is 2.16. The standard InChI is InChI=1S/C12H14BrN3/c13-10-12(15-16-14)9-5-4-8-11-6-2-1-3-7-11/h1-3,5-7,9,12H,4,8,10H2. The van der Waals surface area contributed by atoms with Gasteiger partial charge in [-0.15, -0.1) is 0 Å². The van der Waals surface area contributed by atoms with Gasteiger partial charge in [0, 0.05) is 10.2 Å². The monoisotopic (exact) mass is 279 g/mol. The number of rotatable bonds is 6. The van der Waals surface area contributed by atoms with Gasteiger partial charge in [-0.1, -0.05) is 63.5 Å². The summed E-state index contributed by atoms with van der Waals surface area (Å²) in [5, 5.41) is 4.30. The van der Waals surface area contributed by atoms with Gasteiger partial charge in [-0.05, 0) is 23.9 Å². The van der Waals surface area contributed by atoms with E-state index in [-0.39, 0.29) is 6.04 Å². The van der Waals surface area contributed by atoms with Gasteiger partial charge in [-0.3, -0.25) is 0 Å². The Morgan fingerprint density at radius 2 is 2.12 bits per heavy atom. The van der Waals surface area contributed by atoms with E-state index < -0.39 is 0 Å². The van der Waals surface area contributed by atoms with Crippen molar-refractivity contribution in [3.63, 3.8) is 0 Å². The van der Waals surface area contributed by atoms with Crippen LogP contribution in [0.5, 0.6) is 0 Å². The number of aryl methyl sites for hydroxylation is 1. The van der Waals surface area contributed by atoms with Gasteiger partial charge in [0.1, 0.15) is 0 Å². The molecule has 0 saturated carbocycles. The molecule has 0 heterocycles. The normalized spacial score (nSPS) is 12.3. The second kappa shape index (κ2) is 7.97. The summed E-state index contributed by atoms with van der Waals surface area (Å²) in [5.74, 6) is 0. The van der Waals surface area contributed by atoms with Crippen LogP contribution in [-0.2, 0) is 6.42 Å². The minimum absolute atomic E-state index is 0.0826. The maximum Gasteiger partial charge on any atom is 0.0652 e. The largest absolute Gasteiger partial charge is 0.0920 e.